The lowest BCUT2D eigenvalue weighted by Crippen LogP contribution is -2.35. The molecule has 4 heteroatoms. The highest BCUT2D eigenvalue weighted by Gasteiger charge is 2.24. The fourth-order valence-electron chi connectivity index (χ4n) is 2.56. The second-order valence-electron chi connectivity index (χ2n) is 5.05. The molecule has 1 aliphatic rings. The first-order valence-electron chi connectivity index (χ1n) is 6.89. The lowest BCUT2D eigenvalue weighted by Gasteiger charge is -2.24. The zero-order valence-electron chi connectivity index (χ0n) is 11.7. The number of benzene rings is 1. The van der Waals surface area contributed by atoms with Gasteiger partial charge in [-0.1, -0.05) is 36.3 Å². The highest BCUT2D eigenvalue weighted by molar-refractivity contribution is 6.32. The normalized spacial score (nSPS) is 14.8. The van der Waals surface area contributed by atoms with Gasteiger partial charge in [0, 0.05) is 24.2 Å². The van der Waals surface area contributed by atoms with Crippen LogP contribution in [0, 0.1) is 11.8 Å². The first-order chi connectivity index (χ1) is 9.63. The van der Waals surface area contributed by atoms with Gasteiger partial charge >= 0.3 is 0 Å². The van der Waals surface area contributed by atoms with Gasteiger partial charge in [0.05, 0.1) is 11.6 Å². The van der Waals surface area contributed by atoms with Crippen molar-refractivity contribution in [2.24, 2.45) is 5.73 Å². The minimum Gasteiger partial charge on any atom is -0.339 e. The zero-order valence-corrected chi connectivity index (χ0v) is 12.4. The highest BCUT2D eigenvalue weighted by atomic mass is 35.5. The van der Waals surface area contributed by atoms with E-state index < -0.39 is 0 Å². The molecule has 106 valence electrons. The van der Waals surface area contributed by atoms with Crippen LogP contribution in [0.1, 0.15) is 41.6 Å². The molecule has 0 aliphatic heterocycles. The average molecular weight is 291 g/mol. The second kappa shape index (κ2) is 6.78. The summed E-state index contributed by atoms with van der Waals surface area (Å²) in [4.78, 5) is 14.3. The predicted octanol–water partition coefficient (Wildman–Crippen LogP) is 2.66. The topological polar surface area (TPSA) is 46.3 Å². The van der Waals surface area contributed by atoms with Gasteiger partial charge in [0.25, 0.3) is 5.91 Å². The molecule has 20 heavy (non-hydrogen) atoms. The summed E-state index contributed by atoms with van der Waals surface area (Å²) in [5.74, 6) is 5.68. The summed E-state index contributed by atoms with van der Waals surface area (Å²) in [6.45, 7) is 0.293. The van der Waals surface area contributed by atoms with Gasteiger partial charge in [-0.15, -0.1) is 0 Å². The Balaban J connectivity index is 2.16. The molecule has 0 atom stereocenters. The van der Waals surface area contributed by atoms with Crippen molar-refractivity contribution in [3.63, 3.8) is 0 Å². The lowest BCUT2D eigenvalue weighted by molar-refractivity contribution is 0.0735. The molecule has 3 nitrogen and oxygen atoms in total. The summed E-state index contributed by atoms with van der Waals surface area (Å²) < 4.78 is 0. The summed E-state index contributed by atoms with van der Waals surface area (Å²) >= 11 is 6.16. The SMILES string of the molecule is CN(C(=O)c1ccc(C#CCN)c(Cl)c1)C1CCCC1. The minimum absolute atomic E-state index is 0.0251. The van der Waals surface area contributed by atoms with Gasteiger partial charge < -0.3 is 10.6 Å². The molecule has 1 aromatic carbocycles. The number of rotatable bonds is 2. The number of hydrogen-bond acceptors (Lipinski definition) is 2. The van der Waals surface area contributed by atoms with Crippen LogP contribution in [-0.2, 0) is 0 Å². The van der Waals surface area contributed by atoms with Crippen molar-refractivity contribution in [1.29, 1.82) is 0 Å². The molecule has 0 heterocycles. The zero-order chi connectivity index (χ0) is 14.5. The standard InChI is InChI=1S/C16H19ClN2O/c1-19(14-6-2-3-7-14)16(20)13-9-8-12(5-4-10-18)15(17)11-13/h8-9,11,14H,2-3,6-7,10,18H2,1H3. The van der Waals surface area contributed by atoms with Gasteiger partial charge in [-0.2, -0.15) is 0 Å². The van der Waals surface area contributed by atoms with Crippen molar-refractivity contribution in [3.05, 3.63) is 34.3 Å². The van der Waals surface area contributed by atoms with E-state index in [0.29, 0.717) is 28.7 Å². The van der Waals surface area contributed by atoms with Crippen molar-refractivity contribution in [3.8, 4) is 11.8 Å². The summed E-state index contributed by atoms with van der Waals surface area (Å²) in [6, 6.07) is 5.61. The van der Waals surface area contributed by atoms with Crippen LogP contribution >= 0.6 is 11.6 Å². The largest absolute Gasteiger partial charge is 0.339 e. The van der Waals surface area contributed by atoms with E-state index in [1.54, 1.807) is 18.2 Å². The fraction of sp³-hybridized carbons (Fsp3) is 0.438. The molecular formula is C16H19ClN2O. The second-order valence-corrected chi connectivity index (χ2v) is 5.46. The van der Waals surface area contributed by atoms with Gasteiger partial charge in [-0.05, 0) is 31.0 Å². The fourth-order valence-corrected chi connectivity index (χ4v) is 2.78. The molecule has 1 saturated carbocycles. The van der Waals surface area contributed by atoms with E-state index in [2.05, 4.69) is 11.8 Å². The third-order valence-corrected chi connectivity index (χ3v) is 4.05. The number of halogens is 1. The molecule has 1 amide bonds. The summed E-state index contributed by atoms with van der Waals surface area (Å²) in [5.41, 5.74) is 6.66. The Morgan fingerprint density at radius 2 is 2.15 bits per heavy atom. The van der Waals surface area contributed by atoms with E-state index in [-0.39, 0.29) is 5.91 Å². The molecule has 0 radical (unpaired) electrons. The number of nitrogens with zero attached hydrogens (tertiary/aromatic N) is 1. The van der Waals surface area contributed by atoms with Crippen molar-refractivity contribution < 1.29 is 4.79 Å². The Bertz CT molecular complexity index is 553. The van der Waals surface area contributed by atoms with Crippen molar-refractivity contribution >= 4 is 17.5 Å². The van der Waals surface area contributed by atoms with Crippen LogP contribution in [0.5, 0.6) is 0 Å². The van der Waals surface area contributed by atoms with E-state index in [9.17, 15) is 4.79 Å². The Hall–Kier alpha value is -1.50. The molecule has 2 N–H and O–H groups in total. The average Bonchev–Trinajstić information content (AvgIpc) is 2.98. The third kappa shape index (κ3) is 3.33. The molecule has 1 aromatic rings. The van der Waals surface area contributed by atoms with Crippen LogP contribution in [0.25, 0.3) is 0 Å². The maximum Gasteiger partial charge on any atom is 0.253 e. The van der Waals surface area contributed by atoms with Gasteiger partial charge in [-0.3, -0.25) is 4.79 Å². The highest BCUT2D eigenvalue weighted by Crippen LogP contribution is 2.25. The van der Waals surface area contributed by atoms with E-state index in [4.69, 9.17) is 17.3 Å². The van der Waals surface area contributed by atoms with Crippen molar-refractivity contribution in [2.75, 3.05) is 13.6 Å². The molecular weight excluding hydrogens is 272 g/mol. The molecule has 0 aromatic heterocycles. The quantitative estimate of drug-likeness (QED) is 0.851. The monoisotopic (exact) mass is 290 g/mol. The molecule has 0 saturated heterocycles. The number of carbonyl (C=O) groups is 1. The maximum atomic E-state index is 12.4. The summed E-state index contributed by atoms with van der Waals surface area (Å²) in [5, 5.41) is 0.497. The molecule has 0 spiro atoms. The first kappa shape index (κ1) is 14.9. The molecule has 2 rings (SSSR count). The van der Waals surface area contributed by atoms with Gasteiger partial charge in [0.2, 0.25) is 0 Å². The van der Waals surface area contributed by atoms with Crippen LogP contribution in [0.2, 0.25) is 5.02 Å². The third-order valence-electron chi connectivity index (χ3n) is 3.73. The first-order valence-corrected chi connectivity index (χ1v) is 7.27. The van der Waals surface area contributed by atoms with Crippen LogP contribution in [0.4, 0.5) is 0 Å². The Kier molecular flexibility index (Phi) is 5.05. The number of amides is 1. The van der Waals surface area contributed by atoms with Crippen molar-refractivity contribution in [1.82, 2.24) is 4.90 Å². The number of hydrogen-bond donors (Lipinski definition) is 1. The predicted molar refractivity (Wildman–Crippen MR) is 81.7 cm³/mol. The summed E-state index contributed by atoms with van der Waals surface area (Å²) in [7, 11) is 1.87. The van der Waals surface area contributed by atoms with Crippen LogP contribution in [-0.4, -0.2) is 30.4 Å². The van der Waals surface area contributed by atoms with Gasteiger partial charge in [0.1, 0.15) is 0 Å². The van der Waals surface area contributed by atoms with Gasteiger partial charge in [-0.25, -0.2) is 0 Å². The molecule has 0 unspecified atom stereocenters. The lowest BCUT2D eigenvalue weighted by atomic mass is 10.1. The smallest absolute Gasteiger partial charge is 0.253 e. The van der Waals surface area contributed by atoms with E-state index in [1.165, 1.54) is 12.8 Å². The molecule has 1 aliphatic carbocycles. The van der Waals surface area contributed by atoms with E-state index in [1.807, 2.05) is 11.9 Å². The maximum absolute atomic E-state index is 12.4. The van der Waals surface area contributed by atoms with Gasteiger partial charge in [0.15, 0.2) is 0 Å². The Morgan fingerprint density at radius 1 is 1.45 bits per heavy atom. The van der Waals surface area contributed by atoms with Crippen LogP contribution in [0.15, 0.2) is 18.2 Å². The summed E-state index contributed by atoms with van der Waals surface area (Å²) in [6.07, 6.45) is 4.60. The Morgan fingerprint density at radius 3 is 2.75 bits per heavy atom. The van der Waals surface area contributed by atoms with E-state index in [0.717, 1.165) is 12.8 Å². The van der Waals surface area contributed by atoms with Crippen molar-refractivity contribution in [2.45, 2.75) is 31.7 Å². The molecule has 1 fully saturated rings. The van der Waals surface area contributed by atoms with E-state index >= 15 is 0 Å². The van der Waals surface area contributed by atoms with Crippen LogP contribution < -0.4 is 5.73 Å². The number of carbonyl (C=O) groups excluding carboxylic acids is 1. The molecule has 0 bridgehead atoms. The van der Waals surface area contributed by atoms with Crippen LogP contribution in [0.3, 0.4) is 0 Å². The Labute approximate surface area is 125 Å². The number of nitrogens with two attached hydrogens (primary N) is 1. The minimum atomic E-state index is 0.0251.